The number of fused-ring (bicyclic) bond motifs is 3. The van der Waals surface area contributed by atoms with E-state index in [4.69, 9.17) is 0 Å². The molecule has 2 nitrogen and oxygen atoms in total. The van der Waals surface area contributed by atoms with E-state index in [-0.39, 0.29) is 17.4 Å². The Morgan fingerprint density at radius 1 is 1.04 bits per heavy atom. The third kappa shape index (κ3) is 2.83. The summed E-state index contributed by atoms with van der Waals surface area (Å²) in [5, 5.41) is 3.78. The van der Waals surface area contributed by atoms with Gasteiger partial charge in [0.1, 0.15) is 5.78 Å². The predicted octanol–water partition coefficient (Wildman–Crippen LogP) is 4.41. The summed E-state index contributed by atoms with van der Waals surface area (Å²) in [6.07, 6.45) is 2.96. The Bertz CT molecular complexity index is 751. The van der Waals surface area contributed by atoms with Crippen LogP contribution in [0.15, 0.2) is 54.6 Å². The standard InChI is InChI=1S/C23H27NO/c1-16-8-10-18(11-9-16)23(2)19-12-13-20(21(25)14-19)22(23)24-15-17-6-4-3-5-7-17/h3-11,19-20,22,24H,12-15H2,1-2H3/t19-,20+,22-,23-/m0/s1. The van der Waals surface area contributed by atoms with Gasteiger partial charge >= 0.3 is 0 Å². The Kier molecular flexibility index (Phi) is 4.24. The first kappa shape index (κ1) is 16.5. The molecule has 130 valence electrons. The van der Waals surface area contributed by atoms with Crippen molar-refractivity contribution in [1.29, 1.82) is 0 Å². The van der Waals surface area contributed by atoms with Gasteiger partial charge in [0.15, 0.2) is 0 Å². The molecular formula is C23H27NO. The fourth-order valence-electron chi connectivity index (χ4n) is 5.08. The van der Waals surface area contributed by atoms with Crippen LogP contribution < -0.4 is 5.32 Å². The quantitative estimate of drug-likeness (QED) is 0.898. The topological polar surface area (TPSA) is 29.1 Å². The second-order valence-corrected chi connectivity index (χ2v) is 8.04. The maximum Gasteiger partial charge on any atom is 0.137 e. The summed E-state index contributed by atoms with van der Waals surface area (Å²) >= 11 is 0. The second-order valence-electron chi connectivity index (χ2n) is 8.04. The number of nitrogens with one attached hydrogen (secondary N) is 1. The average molecular weight is 333 g/mol. The molecule has 0 saturated heterocycles. The summed E-state index contributed by atoms with van der Waals surface area (Å²) in [7, 11) is 0. The van der Waals surface area contributed by atoms with Gasteiger partial charge in [-0.15, -0.1) is 0 Å². The molecule has 0 aliphatic heterocycles. The lowest BCUT2D eigenvalue weighted by Gasteiger charge is -2.55. The molecule has 5 rings (SSSR count). The van der Waals surface area contributed by atoms with Crippen LogP contribution in [0.1, 0.15) is 42.9 Å². The van der Waals surface area contributed by atoms with E-state index < -0.39 is 0 Å². The summed E-state index contributed by atoms with van der Waals surface area (Å²) in [6, 6.07) is 19.7. The van der Waals surface area contributed by atoms with Gasteiger partial charge in [0, 0.05) is 30.3 Å². The fourth-order valence-corrected chi connectivity index (χ4v) is 5.08. The number of aryl methyl sites for hydroxylation is 1. The number of benzene rings is 2. The van der Waals surface area contributed by atoms with Crippen LogP contribution in [0.25, 0.3) is 0 Å². The van der Waals surface area contributed by atoms with Crippen molar-refractivity contribution in [2.24, 2.45) is 11.8 Å². The van der Waals surface area contributed by atoms with Crippen molar-refractivity contribution in [2.45, 2.75) is 51.1 Å². The van der Waals surface area contributed by atoms with Gasteiger partial charge < -0.3 is 5.32 Å². The van der Waals surface area contributed by atoms with Crippen molar-refractivity contribution in [2.75, 3.05) is 0 Å². The molecule has 1 N–H and O–H groups in total. The molecule has 25 heavy (non-hydrogen) atoms. The highest BCUT2D eigenvalue weighted by molar-refractivity contribution is 5.84. The largest absolute Gasteiger partial charge is 0.308 e. The Morgan fingerprint density at radius 2 is 1.76 bits per heavy atom. The first-order chi connectivity index (χ1) is 12.1. The molecular weight excluding hydrogens is 306 g/mol. The Hall–Kier alpha value is -1.93. The zero-order valence-electron chi connectivity index (χ0n) is 15.2. The molecule has 3 aliphatic carbocycles. The van der Waals surface area contributed by atoms with E-state index in [1.54, 1.807) is 0 Å². The van der Waals surface area contributed by atoms with Crippen LogP contribution in [0.3, 0.4) is 0 Å². The van der Waals surface area contributed by atoms with E-state index in [9.17, 15) is 4.79 Å². The number of carbonyl (C=O) groups excluding carboxylic acids is 1. The Labute approximate surface area is 150 Å². The molecule has 0 heterocycles. The number of hydrogen-bond donors (Lipinski definition) is 1. The van der Waals surface area contributed by atoms with Crippen LogP contribution in [0.4, 0.5) is 0 Å². The van der Waals surface area contributed by atoms with Gasteiger partial charge in [-0.1, -0.05) is 67.1 Å². The molecule has 0 radical (unpaired) electrons. The van der Waals surface area contributed by atoms with Crippen molar-refractivity contribution in [1.82, 2.24) is 5.32 Å². The van der Waals surface area contributed by atoms with Gasteiger partial charge in [-0.05, 0) is 36.8 Å². The van der Waals surface area contributed by atoms with E-state index in [1.807, 2.05) is 6.07 Å². The van der Waals surface area contributed by atoms with Crippen LogP contribution in [0.5, 0.6) is 0 Å². The zero-order valence-corrected chi connectivity index (χ0v) is 15.2. The third-order valence-electron chi connectivity index (χ3n) is 6.63. The van der Waals surface area contributed by atoms with E-state index >= 15 is 0 Å². The van der Waals surface area contributed by atoms with Crippen molar-refractivity contribution in [3.8, 4) is 0 Å². The van der Waals surface area contributed by atoms with Gasteiger partial charge in [0.05, 0.1) is 0 Å². The normalized spacial score (nSPS) is 31.3. The number of hydrogen-bond acceptors (Lipinski definition) is 2. The Balaban J connectivity index is 1.67. The predicted molar refractivity (Wildman–Crippen MR) is 101 cm³/mol. The molecule has 2 bridgehead atoms. The van der Waals surface area contributed by atoms with E-state index in [1.165, 1.54) is 23.1 Å². The SMILES string of the molecule is Cc1ccc([C@@]2(C)[C@H]3CC[C@H](C(=O)C3)[C@@H]2NCc2ccccc2)cc1. The number of rotatable bonds is 4. The number of ketones is 1. The van der Waals surface area contributed by atoms with E-state index in [2.05, 4.69) is 67.7 Å². The summed E-state index contributed by atoms with van der Waals surface area (Å²) in [5.41, 5.74) is 3.98. The highest BCUT2D eigenvalue weighted by atomic mass is 16.1. The first-order valence-corrected chi connectivity index (χ1v) is 9.46. The maximum absolute atomic E-state index is 12.6. The molecule has 2 aromatic rings. The zero-order chi connectivity index (χ0) is 17.4. The monoisotopic (exact) mass is 333 g/mol. The lowest BCUT2D eigenvalue weighted by atomic mass is 9.51. The lowest BCUT2D eigenvalue weighted by molar-refractivity contribution is -0.135. The fraction of sp³-hybridized carbons (Fsp3) is 0.435. The van der Waals surface area contributed by atoms with Gasteiger partial charge in [-0.3, -0.25) is 4.79 Å². The molecule has 0 unspecified atom stereocenters. The molecule has 3 saturated carbocycles. The molecule has 0 amide bonds. The van der Waals surface area contributed by atoms with Crippen LogP contribution in [0.2, 0.25) is 0 Å². The van der Waals surface area contributed by atoms with Crippen LogP contribution in [-0.4, -0.2) is 11.8 Å². The van der Waals surface area contributed by atoms with Crippen LogP contribution in [-0.2, 0) is 16.8 Å². The smallest absolute Gasteiger partial charge is 0.137 e. The van der Waals surface area contributed by atoms with Crippen molar-refractivity contribution < 1.29 is 4.79 Å². The molecule has 3 fully saturated rings. The van der Waals surface area contributed by atoms with Crippen LogP contribution in [0, 0.1) is 18.8 Å². The average Bonchev–Trinajstić information content (AvgIpc) is 2.63. The minimum Gasteiger partial charge on any atom is -0.308 e. The minimum atomic E-state index is 0.0271. The maximum atomic E-state index is 12.6. The summed E-state index contributed by atoms with van der Waals surface area (Å²) in [6.45, 7) is 5.33. The second kappa shape index (κ2) is 6.42. The van der Waals surface area contributed by atoms with E-state index in [0.717, 1.165) is 19.4 Å². The van der Waals surface area contributed by atoms with Gasteiger partial charge in [0.2, 0.25) is 0 Å². The summed E-state index contributed by atoms with van der Waals surface area (Å²) in [5.74, 6) is 1.06. The molecule has 0 aromatic heterocycles. The van der Waals surface area contributed by atoms with Crippen molar-refractivity contribution >= 4 is 5.78 Å². The first-order valence-electron chi connectivity index (χ1n) is 9.46. The lowest BCUT2D eigenvalue weighted by Crippen LogP contribution is -2.63. The van der Waals surface area contributed by atoms with Gasteiger partial charge in [-0.25, -0.2) is 0 Å². The van der Waals surface area contributed by atoms with Crippen molar-refractivity contribution in [3.05, 3.63) is 71.3 Å². The molecule has 0 spiro atoms. The number of Topliss-reactive ketones (excluding diaryl/α,β-unsaturated/α-hetero) is 1. The van der Waals surface area contributed by atoms with Crippen molar-refractivity contribution in [3.63, 3.8) is 0 Å². The summed E-state index contributed by atoms with van der Waals surface area (Å²) in [4.78, 5) is 12.6. The van der Waals surface area contributed by atoms with E-state index in [0.29, 0.717) is 11.7 Å². The Morgan fingerprint density at radius 3 is 2.44 bits per heavy atom. The third-order valence-corrected chi connectivity index (χ3v) is 6.63. The van der Waals surface area contributed by atoms with Crippen LogP contribution >= 0.6 is 0 Å². The number of carbonyl (C=O) groups is 1. The van der Waals surface area contributed by atoms with Gasteiger partial charge in [-0.2, -0.15) is 0 Å². The molecule has 2 heteroatoms. The highest BCUT2D eigenvalue weighted by Crippen LogP contribution is 2.52. The molecule has 4 atom stereocenters. The van der Waals surface area contributed by atoms with Gasteiger partial charge in [0.25, 0.3) is 0 Å². The minimum absolute atomic E-state index is 0.0271. The molecule has 3 aliphatic rings. The molecule has 2 aromatic carbocycles. The highest BCUT2D eigenvalue weighted by Gasteiger charge is 2.55. The summed E-state index contributed by atoms with van der Waals surface area (Å²) < 4.78 is 0.